The van der Waals surface area contributed by atoms with Crippen LogP contribution in [0.1, 0.15) is 27.0 Å². The van der Waals surface area contributed by atoms with Crippen LogP contribution < -0.4 is 14.2 Å². The topological polar surface area (TPSA) is 54.0 Å². The lowest BCUT2D eigenvalue weighted by Gasteiger charge is -2.14. The Balaban J connectivity index is 2.19. The molecule has 0 spiro atoms. The first-order valence-electron chi connectivity index (χ1n) is 7.53. The zero-order chi connectivity index (χ0) is 17.7. The predicted molar refractivity (Wildman–Crippen MR) is 91.1 cm³/mol. The highest BCUT2D eigenvalue weighted by Gasteiger charge is 2.16. The molecule has 0 bridgehead atoms. The molecule has 0 aliphatic carbocycles. The summed E-state index contributed by atoms with van der Waals surface area (Å²) in [6.07, 6.45) is 0. The minimum atomic E-state index is -0.426. The second-order valence-electron chi connectivity index (χ2n) is 5.41. The number of esters is 1. The molecule has 0 saturated heterocycles. The molecule has 128 valence electrons. The van der Waals surface area contributed by atoms with E-state index in [9.17, 15) is 4.79 Å². The van der Waals surface area contributed by atoms with Gasteiger partial charge in [-0.25, -0.2) is 4.79 Å². The molecule has 0 heterocycles. The highest BCUT2D eigenvalue weighted by atomic mass is 16.5. The van der Waals surface area contributed by atoms with E-state index in [2.05, 4.69) is 0 Å². The van der Waals surface area contributed by atoms with E-state index in [4.69, 9.17) is 18.9 Å². The monoisotopic (exact) mass is 330 g/mol. The summed E-state index contributed by atoms with van der Waals surface area (Å²) >= 11 is 0. The zero-order valence-corrected chi connectivity index (χ0v) is 14.6. The lowest BCUT2D eigenvalue weighted by Crippen LogP contribution is -2.08. The Bertz CT molecular complexity index is 737. The van der Waals surface area contributed by atoms with Crippen molar-refractivity contribution in [2.24, 2.45) is 0 Å². The maximum atomic E-state index is 12.4. The van der Waals surface area contributed by atoms with E-state index in [0.29, 0.717) is 22.8 Å². The summed E-state index contributed by atoms with van der Waals surface area (Å²) in [6.45, 7) is 3.98. The Hall–Kier alpha value is -2.69. The molecular formula is C19H22O5. The van der Waals surface area contributed by atoms with Crippen LogP contribution in [0.4, 0.5) is 0 Å². The Labute approximate surface area is 142 Å². The summed E-state index contributed by atoms with van der Waals surface area (Å²) in [6, 6.07) is 9.06. The van der Waals surface area contributed by atoms with Crippen molar-refractivity contribution < 1.29 is 23.7 Å². The van der Waals surface area contributed by atoms with Crippen molar-refractivity contribution in [3.05, 3.63) is 52.6 Å². The Morgan fingerprint density at radius 2 is 1.50 bits per heavy atom. The van der Waals surface area contributed by atoms with Gasteiger partial charge in [-0.05, 0) is 49.2 Å². The van der Waals surface area contributed by atoms with Crippen molar-refractivity contribution in [3.63, 3.8) is 0 Å². The summed E-state index contributed by atoms with van der Waals surface area (Å²) in [7, 11) is 4.68. The van der Waals surface area contributed by atoms with Gasteiger partial charge in [0.25, 0.3) is 0 Å². The molecule has 5 nitrogen and oxygen atoms in total. The fraction of sp³-hybridized carbons (Fsp3) is 0.316. The number of hydrogen-bond donors (Lipinski definition) is 0. The van der Waals surface area contributed by atoms with Crippen LogP contribution in [0.15, 0.2) is 30.3 Å². The van der Waals surface area contributed by atoms with Crippen molar-refractivity contribution >= 4 is 5.97 Å². The van der Waals surface area contributed by atoms with Gasteiger partial charge in [0, 0.05) is 0 Å². The van der Waals surface area contributed by atoms with Crippen molar-refractivity contribution in [2.75, 3.05) is 21.3 Å². The maximum absolute atomic E-state index is 12.4. The minimum Gasteiger partial charge on any atom is -0.496 e. The number of rotatable bonds is 6. The van der Waals surface area contributed by atoms with Gasteiger partial charge in [-0.1, -0.05) is 11.6 Å². The number of aryl methyl sites for hydroxylation is 2. The number of carbonyl (C=O) groups is 1. The van der Waals surface area contributed by atoms with Gasteiger partial charge in [0.15, 0.2) is 11.5 Å². The van der Waals surface area contributed by atoms with Crippen LogP contribution in [0, 0.1) is 13.8 Å². The largest absolute Gasteiger partial charge is 0.496 e. The molecule has 0 aliphatic rings. The second kappa shape index (κ2) is 7.73. The summed E-state index contributed by atoms with van der Waals surface area (Å²) < 4.78 is 21.2. The molecule has 0 unspecified atom stereocenters. The number of hydrogen-bond acceptors (Lipinski definition) is 5. The minimum absolute atomic E-state index is 0.141. The molecule has 0 aliphatic heterocycles. The third kappa shape index (κ3) is 3.79. The van der Waals surface area contributed by atoms with E-state index in [-0.39, 0.29) is 6.61 Å². The van der Waals surface area contributed by atoms with E-state index in [1.165, 1.54) is 7.11 Å². The Kier molecular flexibility index (Phi) is 5.68. The molecule has 5 heteroatoms. The zero-order valence-electron chi connectivity index (χ0n) is 14.6. The molecule has 0 atom stereocenters. The lowest BCUT2D eigenvalue weighted by molar-refractivity contribution is 0.0468. The number of ether oxygens (including phenoxy) is 4. The average Bonchev–Trinajstić information content (AvgIpc) is 2.59. The first-order valence-corrected chi connectivity index (χ1v) is 7.53. The molecule has 0 aromatic heterocycles. The third-order valence-electron chi connectivity index (χ3n) is 3.78. The third-order valence-corrected chi connectivity index (χ3v) is 3.78. The van der Waals surface area contributed by atoms with Crippen LogP contribution in [-0.2, 0) is 11.3 Å². The van der Waals surface area contributed by atoms with E-state index in [0.717, 1.165) is 16.7 Å². The first-order chi connectivity index (χ1) is 11.5. The SMILES string of the molecule is COc1cc(C)c(COC(=O)c2cc(C)ccc2OC)cc1OC. The van der Waals surface area contributed by atoms with Gasteiger partial charge in [0.05, 0.1) is 21.3 Å². The van der Waals surface area contributed by atoms with Crippen LogP contribution in [0.5, 0.6) is 17.2 Å². The molecule has 2 aromatic carbocycles. The van der Waals surface area contributed by atoms with Gasteiger partial charge in [-0.3, -0.25) is 0 Å². The van der Waals surface area contributed by atoms with Crippen molar-refractivity contribution in [3.8, 4) is 17.2 Å². The van der Waals surface area contributed by atoms with Crippen molar-refractivity contribution in [1.29, 1.82) is 0 Å². The standard InChI is InChI=1S/C19H22O5/c1-12-6-7-16(21-3)15(8-12)19(20)24-11-14-10-18(23-5)17(22-4)9-13(14)2/h6-10H,11H2,1-5H3. The summed E-state index contributed by atoms with van der Waals surface area (Å²) in [5.41, 5.74) is 3.19. The molecule has 2 aromatic rings. The van der Waals surface area contributed by atoms with E-state index < -0.39 is 5.97 Å². The fourth-order valence-electron chi connectivity index (χ4n) is 2.38. The van der Waals surface area contributed by atoms with Gasteiger partial charge < -0.3 is 18.9 Å². The number of benzene rings is 2. The van der Waals surface area contributed by atoms with Gasteiger partial charge >= 0.3 is 5.97 Å². The number of carbonyl (C=O) groups excluding carboxylic acids is 1. The molecule has 0 radical (unpaired) electrons. The Morgan fingerprint density at radius 1 is 0.875 bits per heavy atom. The van der Waals surface area contributed by atoms with E-state index in [1.54, 1.807) is 26.4 Å². The van der Waals surface area contributed by atoms with Gasteiger partial charge in [-0.2, -0.15) is 0 Å². The maximum Gasteiger partial charge on any atom is 0.342 e. The van der Waals surface area contributed by atoms with Crippen LogP contribution in [0.2, 0.25) is 0 Å². The van der Waals surface area contributed by atoms with Crippen LogP contribution in [-0.4, -0.2) is 27.3 Å². The molecule has 0 saturated carbocycles. The molecule has 0 amide bonds. The molecule has 2 rings (SSSR count). The van der Waals surface area contributed by atoms with E-state index >= 15 is 0 Å². The summed E-state index contributed by atoms with van der Waals surface area (Å²) in [5, 5.41) is 0. The molecular weight excluding hydrogens is 308 g/mol. The molecule has 24 heavy (non-hydrogen) atoms. The Morgan fingerprint density at radius 3 is 2.12 bits per heavy atom. The quantitative estimate of drug-likeness (QED) is 0.756. The summed E-state index contributed by atoms with van der Waals surface area (Å²) in [5.74, 6) is 1.31. The summed E-state index contributed by atoms with van der Waals surface area (Å²) in [4.78, 5) is 12.4. The van der Waals surface area contributed by atoms with Crippen LogP contribution in [0.25, 0.3) is 0 Å². The normalized spacial score (nSPS) is 10.2. The fourth-order valence-corrected chi connectivity index (χ4v) is 2.38. The van der Waals surface area contributed by atoms with Gasteiger partial charge in [0.2, 0.25) is 0 Å². The highest BCUT2D eigenvalue weighted by Crippen LogP contribution is 2.31. The van der Waals surface area contributed by atoms with Gasteiger partial charge in [0.1, 0.15) is 17.9 Å². The smallest absolute Gasteiger partial charge is 0.342 e. The first kappa shape index (κ1) is 17.7. The van der Waals surface area contributed by atoms with Crippen LogP contribution >= 0.6 is 0 Å². The van der Waals surface area contributed by atoms with Crippen molar-refractivity contribution in [2.45, 2.75) is 20.5 Å². The highest BCUT2D eigenvalue weighted by molar-refractivity contribution is 5.92. The predicted octanol–water partition coefficient (Wildman–Crippen LogP) is 3.69. The van der Waals surface area contributed by atoms with Crippen LogP contribution in [0.3, 0.4) is 0 Å². The van der Waals surface area contributed by atoms with Crippen molar-refractivity contribution in [1.82, 2.24) is 0 Å². The molecule has 0 N–H and O–H groups in total. The van der Waals surface area contributed by atoms with Gasteiger partial charge in [-0.15, -0.1) is 0 Å². The lowest BCUT2D eigenvalue weighted by atomic mass is 10.1. The van der Waals surface area contributed by atoms with E-state index in [1.807, 2.05) is 32.0 Å². The average molecular weight is 330 g/mol. The second-order valence-corrected chi connectivity index (χ2v) is 5.41. The molecule has 0 fully saturated rings. The number of methoxy groups -OCH3 is 3.